The second kappa shape index (κ2) is 5.51. The molecular formula is C20H29O3P. The van der Waals surface area contributed by atoms with E-state index in [0.29, 0.717) is 0 Å². The Bertz CT molecular complexity index is 569. The van der Waals surface area contributed by atoms with Crippen LogP contribution in [0.3, 0.4) is 0 Å². The average Bonchev–Trinajstić information content (AvgIpc) is 2.62. The molecule has 0 saturated carbocycles. The summed E-state index contributed by atoms with van der Waals surface area (Å²) in [5.74, 6) is -0.932. The van der Waals surface area contributed by atoms with Crippen molar-refractivity contribution in [1.82, 2.24) is 0 Å². The first kappa shape index (κ1) is 17.0. The molecule has 5 rings (SSSR count). The molecule has 4 heteroatoms. The maximum atomic E-state index is 6.84. The third kappa shape index (κ3) is 2.11. The smallest absolute Gasteiger partial charge is 0.175 e. The molecule has 4 unspecified atom stereocenters. The van der Waals surface area contributed by atoms with Crippen LogP contribution in [0.4, 0.5) is 0 Å². The summed E-state index contributed by atoms with van der Waals surface area (Å²) in [7, 11) is -0.569. The molecule has 4 aliphatic rings. The van der Waals surface area contributed by atoms with Crippen molar-refractivity contribution < 1.29 is 14.2 Å². The lowest BCUT2D eigenvalue weighted by atomic mass is 9.90. The summed E-state index contributed by atoms with van der Waals surface area (Å²) in [6.07, 6.45) is 5.53. The molecule has 4 fully saturated rings. The zero-order chi connectivity index (χ0) is 17.1. The Morgan fingerprint density at radius 3 is 1.67 bits per heavy atom. The fraction of sp³-hybridized carbons (Fsp3) is 0.700. The SMILES string of the molecule is CCC12CC3(CC)OC(CC)(CC(CC)(O1)P3c1ccccc1)O2. The van der Waals surface area contributed by atoms with E-state index in [2.05, 4.69) is 58.0 Å². The summed E-state index contributed by atoms with van der Waals surface area (Å²) in [6, 6.07) is 10.9. The monoisotopic (exact) mass is 348 g/mol. The molecule has 1 aromatic rings. The van der Waals surface area contributed by atoms with Gasteiger partial charge in [0.1, 0.15) is 10.7 Å². The minimum Gasteiger partial charge on any atom is -0.338 e. The van der Waals surface area contributed by atoms with Crippen LogP contribution in [0.5, 0.6) is 0 Å². The van der Waals surface area contributed by atoms with E-state index in [0.717, 1.165) is 38.5 Å². The van der Waals surface area contributed by atoms with Crippen molar-refractivity contribution in [2.75, 3.05) is 0 Å². The largest absolute Gasteiger partial charge is 0.338 e. The Hall–Kier alpha value is -0.470. The molecule has 0 aromatic heterocycles. The van der Waals surface area contributed by atoms with Crippen LogP contribution in [0.2, 0.25) is 0 Å². The fourth-order valence-electron chi connectivity index (χ4n) is 5.05. The molecule has 3 nitrogen and oxygen atoms in total. The van der Waals surface area contributed by atoms with Crippen molar-refractivity contribution in [3.63, 3.8) is 0 Å². The zero-order valence-corrected chi connectivity index (χ0v) is 16.2. The normalized spacial score (nSPS) is 46.4. The quantitative estimate of drug-likeness (QED) is 0.694. The molecular weight excluding hydrogens is 319 g/mol. The number of hydrogen-bond acceptors (Lipinski definition) is 3. The van der Waals surface area contributed by atoms with E-state index in [1.165, 1.54) is 5.30 Å². The molecule has 0 N–H and O–H groups in total. The Labute approximate surface area is 146 Å². The third-order valence-corrected chi connectivity index (χ3v) is 9.80. The molecule has 4 atom stereocenters. The summed E-state index contributed by atoms with van der Waals surface area (Å²) in [5, 5.41) is 1.15. The van der Waals surface area contributed by atoms with Crippen LogP contribution in [0.1, 0.15) is 66.2 Å². The molecule has 24 heavy (non-hydrogen) atoms. The van der Waals surface area contributed by atoms with Gasteiger partial charge in [0.2, 0.25) is 0 Å². The predicted octanol–water partition coefficient (Wildman–Crippen LogP) is 5.09. The van der Waals surface area contributed by atoms with E-state index in [9.17, 15) is 0 Å². The molecule has 0 amide bonds. The van der Waals surface area contributed by atoms with E-state index in [1.807, 2.05) is 0 Å². The van der Waals surface area contributed by atoms with Gasteiger partial charge in [0.05, 0.1) is 0 Å². The molecule has 4 heterocycles. The van der Waals surface area contributed by atoms with Crippen LogP contribution < -0.4 is 5.30 Å². The third-order valence-electron chi connectivity index (χ3n) is 6.23. The van der Waals surface area contributed by atoms with Gasteiger partial charge in [-0.15, -0.1) is 0 Å². The first-order valence-electron chi connectivity index (χ1n) is 9.46. The highest BCUT2D eigenvalue weighted by molar-refractivity contribution is 7.68. The molecule has 0 spiro atoms. The van der Waals surface area contributed by atoms with Gasteiger partial charge in [-0.05, 0) is 38.9 Å². The number of rotatable bonds is 5. The van der Waals surface area contributed by atoms with E-state index < -0.39 is 19.5 Å². The highest BCUT2D eigenvalue weighted by Crippen LogP contribution is 2.78. The Balaban J connectivity index is 1.91. The molecule has 4 saturated heterocycles. The number of hydrogen-bond donors (Lipinski definition) is 0. The standard InChI is InChI=1S/C20H29O3P/c1-5-17-14-19(7-3)23-18(6-2,21-17)15-20(8-4,22-17)24(19)16-12-10-9-11-13-16/h9-13H,5-8,14-15H2,1-4H3. The molecule has 0 aliphatic carbocycles. The highest BCUT2D eigenvalue weighted by atomic mass is 31.1. The second-order valence-electron chi connectivity index (χ2n) is 7.46. The summed E-state index contributed by atoms with van der Waals surface area (Å²) in [4.78, 5) is 0. The van der Waals surface area contributed by atoms with Gasteiger partial charge >= 0.3 is 0 Å². The minimum absolute atomic E-state index is 0.131. The molecule has 0 radical (unpaired) electrons. The summed E-state index contributed by atoms with van der Waals surface area (Å²) in [5.41, 5.74) is 0. The Morgan fingerprint density at radius 1 is 0.750 bits per heavy atom. The molecule has 4 bridgehead atoms. The van der Waals surface area contributed by atoms with E-state index >= 15 is 0 Å². The second-order valence-corrected chi connectivity index (χ2v) is 10.3. The summed E-state index contributed by atoms with van der Waals surface area (Å²) in [6.45, 7) is 8.94. The van der Waals surface area contributed by atoms with Crippen molar-refractivity contribution in [3.8, 4) is 0 Å². The van der Waals surface area contributed by atoms with Gasteiger partial charge in [-0.1, -0.05) is 58.0 Å². The lowest BCUT2D eigenvalue weighted by Crippen LogP contribution is -2.74. The summed E-state index contributed by atoms with van der Waals surface area (Å²) >= 11 is 0. The van der Waals surface area contributed by atoms with Crippen LogP contribution in [0.25, 0.3) is 0 Å². The Morgan fingerprint density at radius 2 is 1.25 bits per heavy atom. The van der Waals surface area contributed by atoms with E-state index in [1.54, 1.807) is 0 Å². The van der Waals surface area contributed by atoms with Crippen molar-refractivity contribution >= 4 is 13.2 Å². The number of benzene rings is 1. The summed E-state index contributed by atoms with van der Waals surface area (Å²) < 4.78 is 20.2. The van der Waals surface area contributed by atoms with Gasteiger partial charge in [0.25, 0.3) is 0 Å². The van der Waals surface area contributed by atoms with Crippen LogP contribution in [0, 0.1) is 0 Å². The molecule has 1 aromatic carbocycles. The molecule has 132 valence electrons. The first-order valence-corrected chi connectivity index (χ1v) is 10.8. The van der Waals surface area contributed by atoms with Crippen LogP contribution in [-0.4, -0.2) is 22.3 Å². The fourth-order valence-corrected chi connectivity index (χ4v) is 9.15. The van der Waals surface area contributed by atoms with Crippen molar-refractivity contribution in [3.05, 3.63) is 30.3 Å². The van der Waals surface area contributed by atoms with Gasteiger partial charge in [0, 0.05) is 12.8 Å². The predicted molar refractivity (Wildman–Crippen MR) is 97.6 cm³/mol. The Kier molecular flexibility index (Phi) is 3.90. The first-order chi connectivity index (χ1) is 11.5. The van der Waals surface area contributed by atoms with Gasteiger partial charge in [0.15, 0.2) is 11.6 Å². The maximum absolute atomic E-state index is 6.84. The topological polar surface area (TPSA) is 27.7 Å². The highest BCUT2D eigenvalue weighted by Gasteiger charge is 2.74. The van der Waals surface area contributed by atoms with Crippen LogP contribution in [-0.2, 0) is 14.2 Å². The van der Waals surface area contributed by atoms with E-state index in [4.69, 9.17) is 14.2 Å². The van der Waals surface area contributed by atoms with Crippen LogP contribution >= 0.6 is 7.92 Å². The number of ether oxygens (including phenoxy) is 3. The van der Waals surface area contributed by atoms with Gasteiger partial charge in [-0.2, -0.15) is 0 Å². The van der Waals surface area contributed by atoms with Crippen molar-refractivity contribution in [2.24, 2.45) is 0 Å². The minimum atomic E-state index is -0.569. The van der Waals surface area contributed by atoms with Crippen LogP contribution in [0.15, 0.2) is 30.3 Å². The lowest BCUT2D eigenvalue weighted by Gasteiger charge is -2.72. The van der Waals surface area contributed by atoms with Crippen molar-refractivity contribution in [2.45, 2.75) is 88.5 Å². The zero-order valence-electron chi connectivity index (χ0n) is 15.3. The van der Waals surface area contributed by atoms with Gasteiger partial charge in [-0.3, -0.25) is 0 Å². The van der Waals surface area contributed by atoms with Gasteiger partial charge in [-0.25, -0.2) is 0 Å². The molecule has 4 aliphatic heterocycles. The van der Waals surface area contributed by atoms with E-state index in [-0.39, 0.29) is 10.7 Å². The maximum Gasteiger partial charge on any atom is 0.175 e. The average molecular weight is 348 g/mol. The van der Waals surface area contributed by atoms with Gasteiger partial charge < -0.3 is 14.2 Å². The lowest BCUT2D eigenvalue weighted by molar-refractivity contribution is -0.483. The van der Waals surface area contributed by atoms with Crippen molar-refractivity contribution in [1.29, 1.82) is 0 Å².